The second kappa shape index (κ2) is 37.2. The number of esters is 1. The number of carbonyl (C=O) groups is 4. The number of nitrogens with one attached hydrogen (secondary N) is 3. The van der Waals surface area contributed by atoms with Crippen LogP contribution in [0.4, 0.5) is 24.8 Å². The number of nitriles is 1. The van der Waals surface area contributed by atoms with Gasteiger partial charge in [0.2, 0.25) is 11.6 Å². The average Bonchev–Trinajstić information content (AvgIpc) is 1.63. The lowest BCUT2D eigenvalue weighted by molar-refractivity contribution is -0.136. The van der Waals surface area contributed by atoms with Crippen LogP contribution < -0.4 is 25.0 Å². The Kier molecular flexibility index (Phi) is 27.6. The monoisotopic (exact) mass is 1350 g/mol. The van der Waals surface area contributed by atoms with Gasteiger partial charge in [0.15, 0.2) is 17.5 Å². The third-order valence-electron chi connectivity index (χ3n) is 15.4. The molecule has 5 aromatic heterocycles. The molecular formula is C64H76F3N15O15. The molecule has 4 N–H and O–H groups in total. The predicted octanol–water partition coefficient (Wildman–Crippen LogP) is 4.36. The molecule has 7 aromatic rings. The first-order valence-electron chi connectivity index (χ1n) is 31.4. The highest BCUT2D eigenvalue weighted by atomic mass is 19.1. The van der Waals surface area contributed by atoms with Gasteiger partial charge in [-0.15, -0.1) is 10.2 Å². The number of amides is 2. The fourth-order valence-electron chi connectivity index (χ4n) is 10.6. The molecule has 2 amide bonds. The number of aromatic nitrogens is 10. The van der Waals surface area contributed by atoms with Crippen LogP contribution in [0, 0.1) is 28.8 Å². The van der Waals surface area contributed by atoms with Gasteiger partial charge in [-0.05, 0) is 37.3 Å². The lowest BCUT2D eigenvalue weighted by Crippen LogP contribution is -2.40. The van der Waals surface area contributed by atoms with Gasteiger partial charge in [-0.1, -0.05) is 35.5 Å². The van der Waals surface area contributed by atoms with Gasteiger partial charge in [-0.2, -0.15) is 9.94 Å². The van der Waals surface area contributed by atoms with Gasteiger partial charge in [-0.3, -0.25) is 19.2 Å². The summed E-state index contributed by atoms with van der Waals surface area (Å²) in [7, 11) is 1.43. The van der Waals surface area contributed by atoms with Crippen LogP contribution in [-0.2, 0) is 67.2 Å². The minimum atomic E-state index is -1.32. The summed E-state index contributed by atoms with van der Waals surface area (Å²) in [5.74, 6) is -6.34. The number of H-pyrrole nitrogens is 1. The number of Topliss-reactive ketones (excluding diaryl/α,β-unsaturated/α-hetero) is 1. The quantitative estimate of drug-likeness (QED) is 0.0103. The molecule has 2 aromatic carbocycles. The number of aromatic amines is 1. The minimum Gasteiger partial charge on any atom is -0.494 e. The highest BCUT2D eigenvalue weighted by molar-refractivity contribution is 6.45. The molecule has 2 saturated heterocycles. The zero-order valence-corrected chi connectivity index (χ0v) is 53.6. The van der Waals surface area contributed by atoms with Crippen LogP contribution in [0.1, 0.15) is 70.4 Å². The van der Waals surface area contributed by atoms with Gasteiger partial charge in [0.25, 0.3) is 17.6 Å². The van der Waals surface area contributed by atoms with E-state index in [9.17, 15) is 42.7 Å². The van der Waals surface area contributed by atoms with Gasteiger partial charge in [0, 0.05) is 56.6 Å². The number of halogens is 3. The van der Waals surface area contributed by atoms with Crippen LogP contribution in [0.2, 0.25) is 0 Å². The number of piperidine rings is 1. The first-order valence-corrected chi connectivity index (χ1v) is 31.4. The molecule has 0 saturated carbocycles. The number of aliphatic hydroxyl groups excluding tert-OH is 1. The maximum Gasteiger partial charge on any atom is 0.313 e. The summed E-state index contributed by atoms with van der Waals surface area (Å²) >= 11 is 0. The molecule has 0 aliphatic carbocycles. The molecule has 2 fully saturated rings. The normalized spacial score (nSPS) is 14.7. The Hall–Kier alpha value is -9.37. The summed E-state index contributed by atoms with van der Waals surface area (Å²) in [6.45, 7) is 8.27. The van der Waals surface area contributed by atoms with Crippen molar-refractivity contribution in [2.45, 2.75) is 64.4 Å². The van der Waals surface area contributed by atoms with Crippen molar-refractivity contribution >= 4 is 51.7 Å². The molecule has 9 rings (SSSR count). The third kappa shape index (κ3) is 20.3. The Morgan fingerprint density at radius 1 is 0.794 bits per heavy atom. The molecule has 2 aliphatic heterocycles. The van der Waals surface area contributed by atoms with Crippen molar-refractivity contribution in [2.24, 2.45) is 0 Å². The summed E-state index contributed by atoms with van der Waals surface area (Å²) < 4.78 is 97.8. The molecule has 2 aliphatic rings. The summed E-state index contributed by atoms with van der Waals surface area (Å²) in [6, 6.07) is 12.1. The Labute approximate surface area is 555 Å². The summed E-state index contributed by atoms with van der Waals surface area (Å²) in [5.41, 5.74) is 3.88. The number of ketones is 1. The molecule has 1 unspecified atom stereocenters. The first-order chi connectivity index (χ1) is 47.3. The number of ether oxygens (including phenoxy) is 10. The average molecular weight is 1350 g/mol. The molecule has 30 nitrogen and oxygen atoms in total. The van der Waals surface area contributed by atoms with Crippen molar-refractivity contribution in [3.05, 3.63) is 125 Å². The van der Waals surface area contributed by atoms with E-state index in [1.165, 1.54) is 41.7 Å². The molecule has 7 heterocycles. The number of nitrogens with zero attached hydrogens (tertiary/aromatic N) is 12. The number of likely N-dealkylation sites (tertiary alicyclic amines) is 1. The second-order valence-corrected chi connectivity index (χ2v) is 21.9. The largest absolute Gasteiger partial charge is 0.494 e. The number of methoxy groups -OCH3 is 1. The van der Waals surface area contributed by atoms with E-state index < -0.39 is 46.8 Å². The van der Waals surface area contributed by atoms with Crippen LogP contribution in [0.25, 0.3) is 22.3 Å². The smallest absolute Gasteiger partial charge is 0.313 e. The molecule has 0 radical (unpaired) electrons. The number of benzene rings is 2. The van der Waals surface area contributed by atoms with E-state index in [-0.39, 0.29) is 87.6 Å². The lowest BCUT2D eigenvalue weighted by atomic mass is 9.93. The summed E-state index contributed by atoms with van der Waals surface area (Å²) in [6.07, 6.45) is 8.54. The lowest BCUT2D eigenvalue weighted by Gasteiger charge is -2.28. The molecule has 0 spiro atoms. The number of allylic oxidation sites excluding steroid dienone is 1. The maximum absolute atomic E-state index is 13.9. The van der Waals surface area contributed by atoms with Gasteiger partial charge >= 0.3 is 5.97 Å². The number of hydrogen-bond donors (Lipinski definition) is 4. The standard InChI is InChI=1S/C64H76F3N15O15/c1-42-30-46(75-63(86)60-74-41-82(77-60)62-56-55(53(88-2)35-71-62)49(34-70-56)57(85)64(87)79-12-8-44(9-13-79)48(33-68)43-6-4-3-5-7-43)37-81(42)61-50(38-83)59(72-40-73-61)69-11-16-90-19-22-93-26-27-95-28-29-96-39-47-36-80(78-76-47)14-17-91-20-23-94-25-24-92-21-18-89-15-10-54(84)97-58-51(66)31-45(65)32-52(58)67/h3-7,31-32,34-36,40-42,46,70,83H,8-30,37-39H2,1-2H3,(H,75,86)(H,69,72,73)/t42?,46-/m0/s1. The van der Waals surface area contributed by atoms with Gasteiger partial charge in [0.05, 0.1) is 178 Å². The Morgan fingerprint density at radius 2 is 1.44 bits per heavy atom. The number of carbonyl (C=O) groups excluding carboxylic acids is 4. The van der Waals surface area contributed by atoms with E-state index in [0.717, 1.165) is 11.1 Å². The Bertz CT molecular complexity index is 3780. The molecule has 97 heavy (non-hydrogen) atoms. The second-order valence-electron chi connectivity index (χ2n) is 21.9. The van der Waals surface area contributed by atoms with Crippen LogP contribution in [0.5, 0.6) is 11.5 Å². The molecule has 2 atom stereocenters. The van der Waals surface area contributed by atoms with E-state index >= 15 is 0 Å². The molecular weight excluding hydrogens is 1280 g/mol. The maximum atomic E-state index is 13.9. The van der Waals surface area contributed by atoms with Gasteiger partial charge in [0.1, 0.15) is 41.6 Å². The fraction of sp³-hybridized carbons (Fsp3) is 0.469. The number of fused-ring (bicyclic) bond motifs is 1. The van der Waals surface area contributed by atoms with E-state index in [1.807, 2.05) is 42.2 Å². The topological polar surface area (TPSA) is 351 Å². The highest BCUT2D eigenvalue weighted by Crippen LogP contribution is 2.34. The van der Waals surface area contributed by atoms with Crippen molar-refractivity contribution in [1.82, 2.24) is 59.9 Å². The SMILES string of the molecule is COc1cnc(-n2cnc(C(=O)N[C@H]3CC(C)N(c4ncnc(NCCOCCOCCOCCOCc5cn(CCOCCOCCOCCOCCC(=O)Oc6c(F)cc(F)cc6F)nn5)c4CO)C3)n2)c2[nH]cc(C(=O)C(=O)N3CCC(=C(C#N)c4ccccc4)CC3)c12. The third-order valence-corrected chi connectivity index (χ3v) is 15.4. The van der Waals surface area contributed by atoms with Crippen LogP contribution in [0.15, 0.2) is 79.3 Å². The van der Waals surface area contributed by atoms with Crippen LogP contribution in [-0.4, -0.2) is 228 Å². The van der Waals surface area contributed by atoms with Gasteiger partial charge in [-0.25, -0.2) is 37.8 Å². The van der Waals surface area contributed by atoms with Crippen LogP contribution >= 0.6 is 0 Å². The Morgan fingerprint density at radius 3 is 2.10 bits per heavy atom. The van der Waals surface area contributed by atoms with E-state index in [4.69, 9.17) is 42.6 Å². The first kappa shape index (κ1) is 71.9. The molecule has 33 heteroatoms. The van der Waals surface area contributed by atoms with Gasteiger partial charge < -0.3 is 77.9 Å². The molecule has 518 valence electrons. The number of pyridine rings is 1. The van der Waals surface area contributed by atoms with E-state index in [2.05, 4.69) is 61.8 Å². The van der Waals surface area contributed by atoms with Crippen molar-refractivity contribution < 1.29 is 84.8 Å². The van der Waals surface area contributed by atoms with Crippen molar-refractivity contribution in [2.75, 3.05) is 143 Å². The van der Waals surface area contributed by atoms with E-state index in [1.54, 1.807) is 10.9 Å². The van der Waals surface area contributed by atoms with Crippen LogP contribution in [0.3, 0.4) is 0 Å². The predicted molar refractivity (Wildman–Crippen MR) is 338 cm³/mol. The van der Waals surface area contributed by atoms with Crippen molar-refractivity contribution in [3.63, 3.8) is 0 Å². The Balaban J connectivity index is 0.588. The van der Waals surface area contributed by atoms with Crippen molar-refractivity contribution in [1.29, 1.82) is 5.26 Å². The van der Waals surface area contributed by atoms with E-state index in [0.29, 0.717) is 170 Å². The number of anilines is 2. The zero-order chi connectivity index (χ0) is 68.3. The minimum absolute atomic E-state index is 0.0623. The number of rotatable bonds is 40. The summed E-state index contributed by atoms with van der Waals surface area (Å²) in [4.78, 5) is 77.3. The molecule has 0 bridgehead atoms. The zero-order valence-electron chi connectivity index (χ0n) is 53.6. The number of aliphatic hydroxyl groups is 1. The van der Waals surface area contributed by atoms with Crippen molar-refractivity contribution in [3.8, 4) is 23.4 Å². The number of hydrogen-bond acceptors (Lipinski definition) is 25. The highest BCUT2D eigenvalue weighted by Gasteiger charge is 2.35. The fourth-order valence-corrected chi connectivity index (χ4v) is 10.6. The summed E-state index contributed by atoms with van der Waals surface area (Å²) in [5, 5.41) is 39.7.